The number of carbonyl (C=O) groups excluding carboxylic acids is 1. The van der Waals surface area contributed by atoms with Crippen LogP contribution in [-0.2, 0) is 4.79 Å². The van der Waals surface area contributed by atoms with Crippen molar-refractivity contribution in [2.45, 2.75) is 63.8 Å². The highest BCUT2D eigenvalue weighted by Gasteiger charge is 2.39. The zero-order chi connectivity index (χ0) is 25.7. The number of alkyl halides is 3. The molecule has 0 atom stereocenters. The lowest BCUT2D eigenvalue weighted by molar-refractivity contribution is -0.192. The number of nitrogens with zero attached hydrogens (tertiary/aromatic N) is 1. The Morgan fingerprint density at radius 2 is 1.59 bits per heavy atom. The van der Waals surface area contributed by atoms with Gasteiger partial charge in [0.1, 0.15) is 11.4 Å². The second-order valence-corrected chi connectivity index (χ2v) is 9.41. The second kappa shape index (κ2) is 10.4. The van der Waals surface area contributed by atoms with Crippen molar-refractivity contribution in [2.75, 3.05) is 7.11 Å². The Morgan fingerprint density at radius 1 is 1.06 bits per heavy atom. The number of amides is 1. The van der Waals surface area contributed by atoms with E-state index in [-0.39, 0.29) is 23.0 Å². The number of benzene rings is 1. The summed E-state index contributed by atoms with van der Waals surface area (Å²) in [6.07, 6.45) is -3.30. The Balaban J connectivity index is 0.000000509. The topological polar surface area (TPSA) is 101 Å². The Morgan fingerprint density at radius 3 is 2.06 bits per heavy atom. The van der Waals surface area contributed by atoms with Crippen LogP contribution >= 0.6 is 0 Å². The van der Waals surface area contributed by atoms with Crippen molar-refractivity contribution in [1.82, 2.24) is 15.6 Å². The van der Waals surface area contributed by atoms with E-state index in [1.165, 1.54) is 0 Å². The predicted molar refractivity (Wildman–Crippen MR) is 122 cm³/mol. The summed E-state index contributed by atoms with van der Waals surface area (Å²) in [5, 5.41) is 13.9. The maximum atomic E-state index is 12.8. The van der Waals surface area contributed by atoms with Crippen LogP contribution in [0.25, 0.3) is 11.3 Å². The summed E-state index contributed by atoms with van der Waals surface area (Å²) in [4.78, 5) is 26.3. The van der Waals surface area contributed by atoms with Gasteiger partial charge < -0.3 is 20.5 Å². The molecular formula is C24H30F3N3O4. The molecule has 1 aliphatic heterocycles. The van der Waals surface area contributed by atoms with E-state index in [0.29, 0.717) is 5.69 Å². The van der Waals surface area contributed by atoms with E-state index in [1.54, 1.807) is 13.2 Å². The van der Waals surface area contributed by atoms with Crippen LogP contribution in [0.2, 0.25) is 0 Å². The normalized spacial score (nSPS) is 17.2. The Kier molecular flexibility index (Phi) is 8.31. The summed E-state index contributed by atoms with van der Waals surface area (Å²) in [5.41, 5.74) is 2.14. The third-order valence-corrected chi connectivity index (χ3v) is 5.14. The van der Waals surface area contributed by atoms with E-state index in [4.69, 9.17) is 14.6 Å². The highest BCUT2D eigenvalue weighted by Crippen LogP contribution is 2.29. The fraction of sp³-hybridized carbons (Fsp3) is 0.458. The van der Waals surface area contributed by atoms with Gasteiger partial charge in [0.2, 0.25) is 0 Å². The van der Waals surface area contributed by atoms with Crippen LogP contribution in [0.15, 0.2) is 42.5 Å². The molecule has 0 radical (unpaired) electrons. The lowest BCUT2D eigenvalue weighted by atomic mass is 9.79. The van der Waals surface area contributed by atoms with E-state index in [9.17, 15) is 18.0 Å². The van der Waals surface area contributed by atoms with Crippen molar-refractivity contribution in [3.05, 3.63) is 48.2 Å². The molecule has 1 amide bonds. The first-order chi connectivity index (χ1) is 15.6. The Labute approximate surface area is 196 Å². The van der Waals surface area contributed by atoms with Crippen LogP contribution in [0.3, 0.4) is 0 Å². The standard InChI is InChI=1S/C22H29N3O2.C2HF3O2/c1-21(2)13-16(14-22(3,4)25-21)23-20(26)19-8-6-7-18(24-19)15-9-11-17(27-5)12-10-15;3-2(4,5)1(6)7/h6-12,16,25H,13-14H2,1-5H3,(H,23,26);(H,6,7). The van der Waals surface area contributed by atoms with Gasteiger partial charge >= 0.3 is 12.1 Å². The largest absolute Gasteiger partial charge is 0.497 e. The van der Waals surface area contributed by atoms with Crippen LogP contribution in [0, 0.1) is 0 Å². The van der Waals surface area contributed by atoms with Crippen LogP contribution in [0.1, 0.15) is 51.0 Å². The highest BCUT2D eigenvalue weighted by molar-refractivity contribution is 5.93. The zero-order valence-corrected chi connectivity index (χ0v) is 19.8. The van der Waals surface area contributed by atoms with Crippen molar-refractivity contribution in [1.29, 1.82) is 0 Å². The summed E-state index contributed by atoms with van der Waals surface area (Å²) in [6.45, 7) is 8.70. The molecule has 34 heavy (non-hydrogen) atoms. The molecular weight excluding hydrogens is 451 g/mol. The first-order valence-corrected chi connectivity index (χ1v) is 10.6. The van der Waals surface area contributed by atoms with Gasteiger partial charge in [-0.25, -0.2) is 9.78 Å². The number of halogens is 3. The summed E-state index contributed by atoms with van der Waals surface area (Å²) in [7, 11) is 1.64. The number of methoxy groups -OCH3 is 1. The third kappa shape index (κ3) is 8.02. The minimum absolute atomic E-state index is 0.0158. The number of pyridine rings is 1. The van der Waals surface area contributed by atoms with Gasteiger partial charge in [0.15, 0.2) is 0 Å². The molecule has 1 aliphatic rings. The number of piperidine rings is 1. The molecule has 2 heterocycles. The quantitative estimate of drug-likeness (QED) is 0.598. The lowest BCUT2D eigenvalue weighted by Crippen LogP contribution is -2.62. The van der Waals surface area contributed by atoms with Gasteiger partial charge in [0.05, 0.1) is 12.8 Å². The number of carbonyl (C=O) groups is 2. The summed E-state index contributed by atoms with van der Waals surface area (Å²) in [6, 6.07) is 13.3. The molecule has 3 rings (SSSR count). The van der Waals surface area contributed by atoms with Gasteiger partial charge in [-0.15, -0.1) is 0 Å². The highest BCUT2D eigenvalue weighted by atomic mass is 19.4. The Bertz CT molecular complexity index is 989. The van der Waals surface area contributed by atoms with Crippen LogP contribution in [0.5, 0.6) is 5.75 Å². The molecule has 1 fully saturated rings. The van der Waals surface area contributed by atoms with Gasteiger partial charge in [-0.2, -0.15) is 13.2 Å². The Hall–Kier alpha value is -3.14. The monoisotopic (exact) mass is 481 g/mol. The molecule has 0 spiro atoms. The molecule has 1 saturated heterocycles. The smallest absolute Gasteiger partial charge is 0.490 e. The van der Waals surface area contributed by atoms with Gasteiger partial charge in [-0.1, -0.05) is 6.07 Å². The van der Waals surface area contributed by atoms with Crippen molar-refractivity contribution >= 4 is 11.9 Å². The molecule has 7 nitrogen and oxygen atoms in total. The number of carboxylic acid groups (broad SMARTS) is 1. The third-order valence-electron chi connectivity index (χ3n) is 5.14. The average molecular weight is 482 g/mol. The molecule has 0 saturated carbocycles. The van der Waals surface area contributed by atoms with E-state index >= 15 is 0 Å². The molecule has 10 heteroatoms. The second-order valence-electron chi connectivity index (χ2n) is 9.41. The number of hydrogen-bond donors (Lipinski definition) is 3. The van der Waals surface area contributed by atoms with Crippen molar-refractivity contribution < 1.29 is 32.6 Å². The predicted octanol–water partition coefficient (Wildman–Crippen LogP) is 4.43. The van der Waals surface area contributed by atoms with Crippen LogP contribution < -0.4 is 15.4 Å². The average Bonchev–Trinajstić information content (AvgIpc) is 2.71. The first kappa shape index (κ1) is 27.1. The van der Waals surface area contributed by atoms with Crippen LogP contribution in [0.4, 0.5) is 13.2 Å². The van der Waals surface area contributed by atoms with Crippen molar-refractivity contribution in [3.8, 4) is 17.0 Å². The fourth-order valence-corrected chi connectivity index (χ4v) is 4.17. The number of aliphatic carboxylic acids is 1. The molecule has 1 aromatic carbocycles. The van der Waals surface area contributed by atoms with E-state index < -0.39 is 12.1 Å². The molecule has 0 unspecified atom stereocenters. The molecule has 3 N–H and O–H groups in total. The zero-order valence-electron chi connectivity index (χ0n) is 19.8. The van der Waals surface area contributed by atoms with E-state index in [2.05, 4.69) is 43.3 Å². The molecule has 0 bridgehead atoms. The van der Waals surface area contributed by atoms with Crippen LogP contribution in [-0.4, -0.2) is 52.4 Å². The minimum atomic E-state index is -5.08. The van der Waals surface area contributed by atoms with Crippen molar-refractivity contribution in [3.63, 3.8) is 0 Å². The number of hydrogen-bond acceptors (Lipinski definition) is 5. The number of aromatic nitrogens is 1. The first-order valence-electron chi connectivity index (χ1n) is 10.6. The van der Waals surface area contributed by atoms with E-state index in [1.807, 2.05) is 36.4 Å². The number of rotatable bonds is 4. The molecule has 0 aliphatic carbocycles. The maximum absolute atomic E-state index is 12.8. The molecule has 186 valence electrons. The summed E-state index contributed by atoms with van der Waals surface area (Å²) >= 11 is 0. The van der Waals surface area contributed by atoms with Gasteiger partial charge in [0.25, 0.3) is 5.91 Å². The minimum Gasteiger partial charge on any atom is -0.497 e. The number of carboxylic acids is 1. The summed E-state index contributed by atoms with van der Waals surface area (Å²) in [5.74, 6) is -2.08. The van der Waals surface area contributed by atoms with E-state index in [0.717, 1.165) is 29.8 Å². The number of ether oxygens (including phenoxy) is 1. The van der Waals surface area contributed by atoms with Gasteiger partial charge in [-0.3, -0.25) is 4.79 Å². The molecule has 1 aromatic heterocycles. The fourth-order valence-electron chi connectivity index (χ4n) is 4.17. The molecule has 2 aromatic rings. The van der Waals surface area contributed by atoms with Gasteiger partial charge in [0, 0.05) is 22.7 Å². The lowest BCUT2D eigenvalue weighted by Gasteiger charge is -2.46. The van der Waals surface area contributed by atoms with Gasteiger partial charge in [-0.05, 0) is 76.9 Å². The SMILES string of the molecule is COc1ccc(-c2cccc(C(=O)NC3CC(C)(C)NC(C)(C)C3)n2)cc1.O=C(O)C(F)(F)F. The summed E-state index contributed by atoms with van der Waals surface area (Å²) < 4.78 is 36.9. The maximum Gasteiger partial charge on any atom is 0.490 e. The number of nitrogens with one attached hydrogen (secondary N) is 2. The van der Waals surface area contributed by atoms with Crippen molar-refractivity contribution in [2.24, 2.45) is 0 Å².